The molecule has 1 aromatic carbocycles. The summed E-state index contributed by atoms with van der Waals surface area (Å²) < 4.78 is 5.50. The number of methoxy groups -OCH3 is 1. The van der Waals surface area contributed by atoms with Crippen LogP contribution in [0.1, 0.15) is 49.3 Å². The van der Waals surface area contributed by atoms with Gasteiger partial charge in [-0.2, -0.15) is 0 Å². The highest BCUT2D eigenvalue weighted by Gasteiger charge is 2.40. The summed E-state index contributed by atoms with van der Waals surface area (Å²) in [5.74, 6) is 1.26. The number of fused-ring (bicyclic) bond motifs is 3. The number of nitrogens with zero attached hydrogens (tertiary/aromatic N) is 2. The van der Waals surface area contributed by atoms with Crippen LogP contribution in [0.4, 0.5) is 0 Å². The summed E-state index contributed by atoms with van der Waals surface area (Å²) in [6.45, 7) is 1.56. The molecule has 2 aliphatic heterocycles. The predicted molar refractivity (Wildman–Crippen MR) is 94.3 cm³/mol. The van der Waals surface area contributed by atoms with E-state index in [0.29, 0.717) is 13.1 Å². The minimum atomic E-state index is -0.0346. The number of ether oxygens (including phenoxy) is 1. The van der Waals surface area contributed by atoms with Gasteiger partial charge in [-0.15, -0.1) is 0 Å². The molecule has 2 amide bonds. The van der Waals surface area contributed by atoms with Crippen LogP contribution in [0, 0.1) is 5.92 Å². The van der Waals surface area contributed by atoms with Crippen molar-refractivity contribution in [1.29, 1.82) is 0 Å². The van der Waals surface area contributed by atoms with Crippen LogP contribution in [0.5, 0.6) is 5.75 Å². The Labute approximate surface area is 148 Å². The average molecular weight is 342 g/mol. The van der Waals surface area contributed by atoms with Crippen LogP contribution in [0.2, 0.25) is 0 Å². The third kappa shape index (κ3) is 2.90. The van der Waals surface area contributed by atoms with Crippen LogP contribution in [-0.2, 0) is 16.0 Å². The summed E-state index contributed by atoms with van der Waals surface area (Å²) in [6, 6.07) is 6.00. The smallest absolute Gasteiger partial charge is 0.242 e. The monoisotopic (exact) mass is 342 g/mol. The van der Waals surface area contributed by atoms with Crippen molar-refractivity contribution < 1.29 is 14.3 Å². The lowest BCUT2D eigenvalue weighted by atomic mass is 9.86. The maximum atomic E-state index is 12.9. The summed E-state index contributed by atoms with van der Waals surface area (Å²) in [5.41, 5.74) is 2.33. The molecule has 1 saturated carbocycles. The Bertz CT molecular complexity index is 682. The van der Waals surface area contributed by atoms with E-state index in [-0.39, 0.29) is 30.3 Å². The van der Waals surface area contributed by atoms with Crippen LogP contribution >= 0.6 is 0 Å². The first kappa shape index (κ1) is 16.4. The number of carbonyl (C=O) groups excluding carboxylic acids is 2. The molecule has 1 aliphatic carbocycles. The molecule has 3 aliphatic rings. The van der Waals surface area contributed by atoms with Gasteiger partial charge < -0.3 is 14.5 Å². The summed E-state index contributed by atoms with van der Waals surface area (Å²) in [4.78, 5) is 29.4. The fourth-order valence-electron chi connectivity index (χ4n) is 4.71. The molecule has 2 heterocycles. The molecule has 0 N–H and O–H groups in total. The van der Waals surface area contributed by atoms with E-state index in [1.54, 1.807) is 7.11 Å². The van der Waals surface area contributed by atoms with Gasteiger partial charge in [-0.05, 0) is 30.9 Å². The van der Waals surface area contributed by atoms with Crippen molar-refractivity contribution in [3.63, 3.8) is 0 Å². The molecule has 1 aromatic rings. The Morgan fingerprint density at radius 1 is 1.20 bits per heavy atom. The highest BCUT2D eigenvalue weighted by molar-refractivity contribution is 5.88. The molecule has 0 radical (unpaired) electrons. The second kappa shape index (κ2) is 6.70. The Hall–Kier alpha value is -2.04. The molecule has 0 spiro atoms. The molecular weight excluding hydrogens is 316 g/mol. The normalized spacial score (nSPS) is 23.9. The fourth-order valence-corrected chi connectivity index (χ4v) is 4.71. The minimum Gasteiger partial charge on any atom is -0.496 e. The predicted octanol–water partition coefficient (Wildman–Crippen LogP) is 2.54. The van der Waals surface area contributed by atoms with Gasteiger partial charge in [-0.3, -0.25) is 9.59 Å². The van der Waals surface area contributed by atoms with Gasteiger partial charge >= 0.3 is 0 Å². The first-order valence-corrected chi connectivity index (χ1v) is 9.43. The lowest BCUT2D eigenvalue weighted by molar-refractivity contribution is -0.152. The lowest BCUT2D eigenvalue weighted by Crippen LogP contribution is -2.56. The van der Waals surface area contributed by atoms with E-state index >= 15 is 0 Å². The van der Waals surface area contributed by atoms with Crippen molar-refractivity contribution in [2.45, 2.75) is 44.6 Å². The SMILES string of the molecule is COc1cccc2c1CCN1C(=O)CN(C(=O)C3CCCCC3)CC21. The van der Waals surface area contributed by atoms with Gasteiger partial charge in [0.1, 0.15) is 5.75 Å². The Kier molecular flexibility index (Phi) is 4.40. The van der Waals surface area contributed by atoms with E-state index in [0.717, 1.165) is 43.4 Å². The number of benzene rings is 1. The maximum Gasteiger partial charge on any atom is 0.242 e. The molecule has 1 saturated heterocycles. The number of hydrogen-bond acceptors (Lipinski definition) is 3. The fraction of sp³-hybridized carbons (Fsp3) is 0.600. The molecule has 1 atom stereocenters. The Balaban J connectivity index is 1.60. The number of amides is 2. The lowest BCUT2D eigenvalue weighted by Gasteiger charge is -2.45. The molecule has 1 unspecified atom stereocenters. The van der Waals surface area contributed by atoms with Crippen LogP contribution in [-0.4, -0.2) is 48.4 Å². The summed E-state index contributed by atoms with van der Waals surface area (Å²) in [5, 5.41) is 0. The molecular formula is C20H26N2O3. The summed E-state index contributed by atoms with van der Waals surface area (Å²) >= 11 is 0. The molecule has 2 fully saturated rings. The van der Waals surface area contributed by atoms with Crippen LogP contribution in [0.15, 0.2) is 18.2 Å². The van der Waals surface area contributed by atoms with Crippen LogP contribution in [0.25, 0.3) is 0 Å². The van der Waals surface area contributed by atoms with Crippen LogP contribution in [0.3, 0.4) is 0 Å². The van der Waals surface area contributed by atoms with E-state index in [9.17, 15) is 9.59 Å². The zero-order chi connectivity index (χ0) is 17.4. The third-order valence-corrected chi connectivity index (χ3v) is 6.03. The first-order valence-electron chi connectivity index (χ1n) is 9.43. The zero-order valence-electron chi connectivity index (χ0n) is 14.9. The molecule has 0 bridgehead atoms. The van der Waals surface area contributed by atoms with Gasteiger partial charge in [0.05, 0.1) is 19.7 Å². The maximum absolute atomic E-state index is 12.9. The number of rotatable bonds is 2. The van der Waals surface area contributed by atoms with E-state index in [1.165, 1.54) is 12.0 Å². The Morgan fingerprint density at radius 2 is 2.00 bits per heavy atom. The third-order valence-electron chi connectivity index (χ3n) is 6.03. The highest BCUT2D eigenvalue weighted by atomic mass is 16.5. The molecule has 25 heavy (non-hydrogen) atoms. The first-order chi connectivity index (χ1) is 12.2. The summed E-state index contributed by atoms with van der Waals surface area (Å²) in [6.07, 6.45) is 6.26. The topological polar surface area (TPSA) is 49.9 Å². The number of piperazine rings is 1. The van der Waals surface area contributed by atoms with Gasteiger partial charge in [0.2, 0.25) is 11.8 Å². The van der Waals surface area contributed by atoms with Crippen LogP contribution < -0.4 is 4.74 Å². The van der Waals surface area contributed by atoms with E-state index in [2.05, 4.69) is 6.07 Å². The number of carbonyl (C=O) groups is 2. The zero-order valence-corrected chi connectivity index (χ0v) is 14.9. The molecule has 4 rings (SSSR count). The summed E-state index contributed by atoms with van der Waals surface area (Å²) in [7, 11) is 1.69. The Morgan fingerprint density at radius 3 is 2.76 bits per heavy atom. The number of hydrogen-bond donors (Lipinski definition) is 0. The van der Waals surface area contributed by atoms with Gasteiger partial charge in [0, 0.05) is 24.6 Å². The van der Waals surface area contributed by atoms with Crippen molar-refractivity contribution in [1.82, 2.24) is 9.80 Å². The molecule has 5 nitrogen and oxygen atoms in total. The standard InChI is InChI=1S/C20H26N2O3/c1-25-18-9-5-8-15-16(18)10-11-22-17(15)12-21(13-19(22)23)20(24)14-6-3-2-4-7-14/h5,8-9,14,17H,2-4,6-7,10-13H2,1H3. The van der Waals surface area contributed by atoms with Crippen molar-refractivity contribution in [2.75, 3.05) is 26.7 Å². The van der Waals surface area contributed by atoms with Crippen molar-refractivity contribution in [3.05, 3.63) is 29.3 Å². The molecule has 134 valence electrons. The van der Waals surface area contributed by atoms with Gasteiger partial charge in [0.25, 0.3) is 0 Å². The van der Waals surface area contributed by atoms with Crippen molar-refractivity contribution in [3.8, 4) is 5.75 Å². The van der Waals surface area contributed by atoms with Gasteiger partial charge in [-0.25, -0.2) is 0 Å². The van der Waals surface area contributed by atoms with Gasteiger partial charge in [-0.1, -0.05) is 31.4 Å². The van der Waals surface area contributed by atoms with Crippen molar-refractivity contribution in [2.24, 2.45) is 5.92 Å². The second-order valence-corrected chi connectivity index (χ2v) is 7.43. The largest absolute Gasteiger partial charge is 0.496 e. The average Bonchev–Trinajstić information content (AvgIpc) is 2.67. The minimum absolute atomic E-state index is 0.0346. The second-order valence-electron chi connectivity index (χ2n) is 7.43. The van der Waals surface area contributed by atoms with Crippen molar-refractivity contribution >= 4 is 11.8 Å². The van der Waals surface area contributed by atoms with E-state index in [4.69, 9.17) is 4.74 Å². The highest BCUT2D eigenvalue weighted by Crippen LogP contribution is 2.38. The van der Waals surface area contributed by atoms with E-state index < -0.39 is 0 Å². The molecule has 0 aromatic heterocycles. The quantitative estimate of drug-likeness (QED) is 0.830. The van der Waals surface area contributed by atoms with E-state index in [1.807, 2.05) is 21.9 Å². The van der Waals surface area contributed by atoms with Gasteiger partial charge in [0.15, 0.2) is 0 Å². The molecule has 5 heteroatoms.